The zero-order valence-corrected chi connectivity index (χ0v) is 11.6. The average Bonchev–Trinajstić information content (AvgIpc) is 2.42. The lowest BCUT2D eigenvalue weighted by Gasteiger charge is -2.13. The van der Waals surface area contributed by atoms with Crippen LogP contribution in [0, 0.1) is 6.92 Å². The Hall–Kier alpha value is -2.14. The van der Waals surface area contributed by atoms with Gasteiger partial charge in [-0.05, 0) is 42.9 Å². The van der Waals surface area contributed by atoms with Crippen LogP contribution in [0.25, 0.3) is 0 Å². The second-order valence-electron chi connectivity index (χ2n) is 3.95. The van der Waals surface area contributed by atoms with Crippen LogP contribution >= 0.6 is 12.2 Å². The number of thiocarbonyl (C=S) groups is 1. The van der Waals surface area contributed by atoms with E-state index in [9.17, 15) is 0 Å². The van der Waals surface area contributed by atoms with Gasteiger partial charge >= 0.3 is 0 Å². The first-order valence-electron chi connectivity index (χ1n) is 5.83. The maximum absolute atomic E-state index is 5.27. The maximum atomic E-state index is 5.27. The summed E-state index contributed by atoms with van der Waals surface area (Å²) in [5.74, 6) is 1.49. The lowest BCUT2D eigenvalue weighted by molar-refractivity contribution is 0.417. The number of hydrogen-bond acceptors (Lipinski definition) is 3. The number of para-hydroxylation sites is 2. The fourth-order valence-electron chi connectivity index (χ4n) is 1.63. The molecule has 0 spiro atoms. The summed E-state index contributed by atoms with van der Waals surface area (Å²) in [6.45, 7) is 1.97. The van der Waals surface area contributed by atoms with Crippen molar-refractivity contribution in [3.8, 4) is 5.75 Å². The molecule has 19 heavy (non-hydrogen) atoms. The van der Waals surface area contributed by atoms with E-state index in [4.69, 9.17) is 17.0 Å². The second-order valence-corrected chi connectivity index (χ2v) is 4.36. The van der Waals surface area contributed by atoms with Gasteiger partial charge in [-0.25, -0.2) is 4.98 Å². The Kier molecular flexibility index (Phi) is 4.30. The van der Waals surface area contributed by atoms with E-state index in [-0.39, 0.29) is 0 Å². The molecule has 0 amide bonds. The molecule has 98 valence electrons. The van der Waals surface area contributed by atoms with Crippen molar-refractivity contribution in [1.29, 1.82) is 0 Å². The van der Waals surface area contributed by atoms with Crippen molar-refractivity contribution in [3.63, 3.8) is 0 Å². The average molecular weight is 273 g/mol. The van der Waals surface area contributed by atoms with Crippen LogP contribution in [0.5, 0.6) is 5.75 Å². The summed E-state index contributed by atoms with van der Waals surface area (Å²) in [7, 11) is 1.62. The molecule has 0 unspecified atom stereocenters. The van der Waals surface area contributed by atoms with E-state index in [1.165, 1.54) is 0 Å². The standard InChI is InChI=1S/C14H15N3OS/c1-10-6-5-9-15-13(10)17-14(19)16-11-7-3-4-8-12(11)18-2/h3-9H,1-2H3,(H2,15,16,17,19). The monoisotopic (exact) mass is 273 g/mol. The summed E-state index contributed by atoms with van der Waals surface area (Å²) in [5.41, 5.74) is 1.85. The summed E-state index contributed by atoms with van der Waals surface area (Å²) in [6.07, 6.45) is 1.72. The Balaban J connectivity index is 2.08. The van der Waals surface area contributed by atoms with Gasteiger partial charge in [-0.3, -0.25) is 0 Å². The first-order chi connectivity index (χ1) is 9.20. The van der Waals surface area contributed by atoms with Gasteiger partial charge in [0.15, 0.2) is 5.11 Å². The van der Waals surface area contributed by atoms with E-state index in [0.717, 1.165) is 22.8 Å². The zero-order valence-electron chi connectivity index (χ0n) is 10.8. The number of pyridine rings is 1. The summed E-state index contributed by atoms with van der Waals surface area (Å²) in [6, 6.07) is 11.5. The zero-order chi connectivity index (χ0) is 13.7. The predicted octanol–water partition coefficient (Wildman–Crippen LogP) is 3.21. The van der Waals surface area contributed by atoms with Crippen LogP contribution in [0.1, 0.15) is 5.56 Å². The van der Waals surface area contributed by atoms with Gasteiger partial charge in [-0.15, -0.1) is 0 Å². The van der Waals surface area contributed by atoms with Crippen LogP contribution in [0.15, 0.2) is 42.6 Å². The van der Waals surface area contributed by atoms with Gasteiger partial charge in [0, 0.05) is 6.20 Å². The third kappa shape index (κ3) is 3.42. The van der Waals surface area contributed by atoms with E-state index in [0.29, 0.717) is 5.11 Å². The van der Waals surface area contributed by atoms with Gasteiger partial charge in [0.05, 0.1) is 12.8 Å². The Bertz CT molecular complexity index is 586. The Morgan fingerprint density at radius 2 is 1.95 bits per heavy atom. The Morgan fingerprint density at radius 1 is 1.16 bits per heavy atom. The molecule has 2 rings (SSSR count). The first kappa shape index (κ1) is 13.3. The molecule has 1 aromatic heterocycles. The molecule has 1 heterocycles. The van der Waals surface area contributed by atoms with E-state index < -0.39 is 0 Å². The highest BCUT2D eigenvalue weighted by Gasteiger charge is 2.05. The molecule has 0 radical (unpaired) electrons. The molecule has 1 aromatic carbocycles. The molecule has 0 saturated carbocycles. The summed E-state index contributed by atoms with van der Waals surface area (Å²) < 4.78 is 5.25. The molecular weight excluding hydrogens is 258 g/mol. The molecular formula is C14H15N3OS. The lowest BCUT2D eigenvalue weighted by Crippen LogP contribution is -2.20. The fourth-order valence-corrected chi connectivity index (χ4v) is 1.83. The summed E-state index contributed by atoms with van der Waals surface area (Å²) >= 11 is 5.27. The predicted molar refractivity (Wildman–Crippen MR) is 81.8 cm³/mol. The fraction of sp³-hybridized carbons (Fsp3) is 0.143. The molecule has 0 fully saturated rings. The number of nitrogens with zero attached hydrogens (tertiary/aromatic N) is 1. The second kappa shape index (κ2) is 6.15. The van der Waals surface area contributed by atoms with Gasteiger partial charge in [0.25, 0.3) is 0 Å². The van der Waals surface area contributed by atoms with E-state index in [1.807, 2.05) is 43.3 Å². The van der Waals surface area contributed by atoms with Gasteiger partial charge in [-0.2, -0.15) is 0 Å². The van der Waals surface area contributed by atoms with Crippen LogP contribution in [0.2, 0.25) is 0 Å². The quantitative estimate of drug-likeness (QED) is 0.841. The molecule has 0 aliphatic rings. The molecule has 2 aromatic rings. The number of anilines is 2. The molecule has 0 bridgehead atoms. The lowest BCUT2D eigenvalue weighted by atomic mass is 10.3. The highest BCUT2D eigenvalue weighted by molar-refractivity contribution is 7.80. The molecule has 4 nitrogen and oxygen atoms in total. The van der Waals surface area contributed by atoms with Crippen molar-refractivity contribution in [2.75, 3.05) is 17.7 Å². The van der Waals surface area contributed by atoms with Crippen LogP contribution in [-0.4, -0.2) is 17.2 Å². The van der Waals surface area contributed by atoms with Crippen molar-refractivity contribution < 1.29 is 4.74 Å². The molecule has 2 N–H and O–H groups in total. The van der Waals surface area contributed by atoms with Crippen molar-refractivity contribution >= 4 is 28.8 Å². The van der Waals surface area contributed by atoms with Gasteiger partial charge in [-0.1, -0.05) is 18.2 Å². The SMILES string of the molecule is COc1ccccc1NC(=S)Nc1ncccc1C. The Labute approximate surface area is 117 Å². The molecule has 0 aliphatic heterocycles. The minimum Gasteiger partial charge on any atom is -0.495 e. The first-order valence-corrected chi connectivity index (χ1v) is 6.24. The van der Waals surface area contributed by atoms with Crippen molar-refractivity contribution in [3.05, 3.63) is 48.2 Å². The van der Waals surface area contributed by atoms with E-state index in [2.05, 4.69) is 15.6 Å². The Morgan fingerprint density at radius 3 is 2.68 bits per heavy atom. The highest BCUT2D eigenvalue weighted by atomic mass is 32.1. The smallest absolute Gasteiger partial charge is 0.176 e. The highest BCUT2D eigenvalue weighted by Crippen LogP contribution is 2.23. The number of nitrogens with one attached hydrogen (secondary N) is 2. The largest absolute Gasteiger partial charge is 0.495 e. The minimum atomic E-state index is 0.478. The van der Waals surface area contributed by atoms with E-state index >= 15 is 0 Å². The summed E-state index contributed by atoms with van der Waals surface area (Å²) in [5, 5.41) is 6.63. The molecule has 0 atom stereocenters. The number of benzene rings is 1. The number of aryl methyl sites for hydroxylation is 1. The van der Waals surface area contributed by atoms with Crippen LogP contribution in [0.3, 0.4) is 0 Å². The van der Waals surface area contributed by atoms with Gasteiger partial charge in [0.1, 0.15) is 11.6 Å². The normalized spacial score (nSPS) is 9.79. The van der Waals surface area contributed by atoms with Crippen LogP contribution in [0.4, 0.5) is 11.5 Å². The number of methoxy groups -OCH3 is 1. The number of ether oxygens (including phenoxy) is 1. The number of aromatic nitrogens is 1. The van der Waals surface area contributed by atoms with Crippen LogP contribution < -0.4 is 15.4 Å². The van der Waals surface area contributed by atoms with E-state index in [1.54, 1.807) is 13.3 Å². The topological polar surface area (TPSA) is 46.2 Å². The van der Waals surface area contributed by atoms with Crippen molar-refractivity contribution in [1.82, 2.24) is 4.98 Å². The maximum Gasteiger partial charge on any atom is 0.176 e. The van der Waals surface area contributed by atoms with Crippen molar-refractivity contribution in [2.24, 2.45) is 0 Å². The van der Waals surface area contributed by atoms with Gasteiger partial charge in [0.2, 0.25) is 0 Å². The van der Waals surface area contributed by atoms with Crippen molar-refractivity contribution in [2.45, 2.75) is 6.92 Å². The third-order valence-corrected chi connectivity index (χ3v) is 2.80. The number of rotatable bonds is 3. The third-order valence-electron chi connectivity index (χ3n) is 2.60. The molecule has 5 heteroatoms. The molecule has 0 aliphatic carbocycles. The minimum absolute atomic E-state index is 0.478. The number of hydrogen-bond donors (Lipinski definition) is 2. The van der Waals surface area contributed by atoms with Crippen LogP contribution in [-0.2, 0) is 0 Å². The van der Waals surface area contributed by atoms with Gasteiger partial charge < -0.3 is 15.4 Å². The molecule has 0 saturated heterocycles. The summed E-state index contributed by atoms with van der Waals surface area (Å²) in [4.78, 5) is 4.23.